The second-order valence-corrected chi connectivity index (χ2v) is 12.1. The van der Waals surface area contributed by atoms with Crippen LogP contribution in [-0.2, 0) is 39.8 Å². The van der Waals surface area contributed by atoms with Crippen LogP contribution in [0.25, 0.3) is 0 Å². The van der Waals surface area contributed by atoms with Gasteiger partial charge in [0.1, 0.15) is 24.7 Å². The van der Waals surface area contributed by atoms with E-state index < -0.39 is 70.8 Å². The Kier molecular flexibility index (Phi) is 12.5. The summed E-state index contributed by atoms with van der Waals surface area (Å²) < 4.78 is 32.6. The number of ether oxygens (including phenoxy) is 6. The predicted octanol–water partition coefficient (Wildman–Crippen LogP) is 5.89. The summed E-state index contributed by atoms with van der Waals surface area (Å²) in [4.78, 5) is 38.7. The fraction of sp³-hybridized carbons (Fsp3) is 0.290. The van der Waals surface area contributed by atoms with Gasteiger partial charge in [0, 0.05) is 0 Å². The summed E-state index contributed by atoms with van der Waals surface area (Å²) in [6, 6.07) is 25.1. The molecule has 5 atom stereocenters. The highest BCUT2D eigenvalue weighted by Gasteiger charge is 2.53. The van der Waals surface area contributed by atoms with Crippen molar-refractivity contribution in [2.45, 2.75) is 41.1 Å². The fourth-order valence-corrected chi connectivity index (χ4v) is 4.47. The van der Waals surface area contributed by atoms with Crippen molar-refractivity contribution in [3.05, 3.63) is 108 Å². The molecule has 1 aliphatic heterocycles. The molecular formula is C31H27Cl4NO9. The van der Waals surface area contributed by atoms with E-state index in [4.69, 9.17) is 80.2 Å². The molecule has 45 heavy (non-hydrogen) atoms. The lowest BCUT2D eigenvalue weighted by atomic mass is 9.97. The maximum absolute atomic E-state index is 13.3. The topological polar surface area (TPSA) is 130 Å². The zero-order valence-corrected chi connectivity index (χ0v) is 26.4. The molecule has 4 rings (SSSR count). The second-order valence-electron chi connectivity index (χ2n) is 9.54. The van der Waals surface area contributed by atoms with Gasteiger partial charge in [-0.3, -0.25) is 10.2 Å². The number of benzene rings is 3. The molecule has 0 saturated carbocycles. The first kappa shape index (κ1) is 34.5. The molecule has 1 fully saturated rings. The summed E-state index contributed by atoms with van der Waals surface area (Å²) in [5.41, 5.74) is 1.09. The van der Waals surface area contributed by atoms with Crippen LogP contribution >= 0.6 is 46.4 Å². The van der Waals surface area contributed by atoms with Crippen LogP contribution in [0.4, 0.5) is 0 Å². The third-order valence-corrected chi connectivity index (χ3v) is 7.12. The van der Waals surface area contributed by atoms with Gasteiger partial charge in [-0.2, -0.15) is 0 Å². The highest BCUT2D eigenvalue weighted by Crippen LogP contribution is 2.34. The lowest BCUT2D eigenvalue weighted by Crippen LogP contribution is -2.63. The molecule has 1 N–H and O–H groups in total. The third-order valence-electron chi connectivity index (χ3n) is 6.39. The van der Waals surface area contributed by atoms with E-state index in [0.29, 0.717) is 0 Å². The van der Waals surface area contributed by atoms with E-state index in [-0.39, 0.29) is 17.7 Å². The Balaban J connectivity index is 1.76. The SMILES string of the molecule is N=C(O[C@H]1O[C@H](COC(=O)CCl)[C@H](OC(=O)c2ccccc2)[C@H](OCc2ccccc2)[C@H]1OC(=O)c1ccccc1)C(Cl)(Cl)Cl. The first-order chi connectivity index (χ1) is 21.6. The maximum Gasteiger partial charge on any atom is 0.338 e. The lowest BCUT2D eigenvalue weighted by Gasteiger charge is -2.44. The van der Waals surface area contributed by atoms with Crippen molar-refractivity contribution in [3.63, 3.8) is 0 Å². The number of esters is 3. The summed E-state index contributed by atoms with van der Waals surface area (Å²) in [6.45, 7) is -0.545. The Hall–Kier alpha value is -3.38. The van der Waals surface area contributed by atoms with Gasteiger partial charge in [0.15, 0.2) is 12.2 Å². The summed E-state index contributed by atoms with van der Waals surface area (Å²) in [7, 11) is 0. The average Bonchev–Trinajstić information content (AvgIpc) is 3.05. The molecule has 10 nitrogen and oxygen atoms in total. The van der Waals surface area contributed by atoms with Gasteiger partial charge in [0.25, 0.3) is 3.79 Å². The fourth-order valence-electron chi connectivity index (χ4n) is 4.26. The molecule has 3 aromatic rings. The number of carbonyl (C=O) groups is 3. The summed E-state index contributed by atoms with van der Waals surface area (Å²) in [6.07, 6.45) is -7.15. The number of rotatable bonds is 11. The minimum absolute atomic E-state index is 0.0485. The third kappa shape index (κ3) is 9.80. The molecular weight excluding hydrogens is 672 g/mol. The smallest absolute Gasteiger partial charge is 0.338 e. The van der Waals surface area contributed by atoms with Crippen LogP contribution in [0.15, 0.2) is 91.0 Å². The van der Waals surface area contributed by atoms with E-state index >= 15 is 0 Å². The van der Waals surface area contributed by atoms with Gasteiger partial charge in [-0.05, 0) is 29.8 Å². The molecule has 0 aromatic heterocycles. The molecule has 238 valence electrons. The monoisotopic (exact) mass is 697 g/mol. The first-order valence-electron chi connectivity index (χ1n) is 13.4. The second kappa shape index (κ2) is 16.3. The number of halogens is 4. The Labute approximate surface area is 278 Å². The number of alkyl halides is 4. The summed E-state index contributed by atoms with van der Waals surface area (Å²) >= 11 is 23.3. The Morgan fingerprint density at radius 3 is 1.76 bits per heavy atom. The van der Waals surface area contributed by atoms with Gasteiger partial charge in [-0.25, -0.2) is 9.59 Å². The van der Waals surface area contributed by atoms with Gasteiger partial charge < -0.3 is 28.4 Å². The van der Waals surface area contributed by atoms with Crippen molar-refractivity contribution in [1.82, 2.24) is 0 Å². The molecule has 0 spiro atoms. The van der Waals surface area contributed by atoms with E-state index in [0.717, 1.165) is 5.56 Å². The number of carbonyl (C=O) groups excluding carboxylic acids is 3. The maximum atomic E-state index is 13.3. The van der Waals surface area contributed by atoms with Gasteiger partial charge >= 0.3 is 17.9 Å². The summed E-state index contributed by atoms with van der Waals surface area (Å²) in [5.74, 6) is -3.71. The molecule has 1 aliphatic rings. The molecule has 0 aliphatic carbocycles. The van der Waals surface area contributed by atoms with Crippen molar-refractivity contribution >= 4 is 70.2 Å². The minimum atomic E-state index is -2.32. The Morgan fingerprint density at radius 2 is 1.24 bits per heavy atom. The van der Waals surface area contributed by atoms with Crippen LogP contribution in [0.5, 0.6) is 0 Å². The average molecular weight is 699 g/mol. The molecule has 0 bridgehead atoms. The van der Waals surface area contributed by atoms with Crippen molar-refractivity contribution in [2.75, 3.05) is 12.5 Å². The molecule has 0 radical (unpaired) electrons. The standard InChI is InChI=1S/C31H27Cl4NO9/c32-16-23(37)40-18-22-24(43-27(38)20-12-6-2-7-13-20)25(41-17-19-10-4-1-5-11-19)26(29(42-22)45-30(36)31(33,34)35)44-28(39)21-14-8-3-9-15-21/h1-15,22,24-26,29,36H,16-18H2/t22-,24+,25+,26-,29-/m1/s1. The van der Waals surface area contributed by atoms with Crippen molar-refractivity contribution in [2.24, 2.45) is 0 Å². The van der Waals surface area contributed by atoms with E-state index in [2.05, 4.69) is 0 Å². The van der Waals surface area contributed by atoms with Gasteiger partial charge in [-0.1, -0.05) is 102 Å². The number of nitrogens with one attached hydrogen (secondary N) is 1. The van der Waals surface area contributed by atoms with Crippen LogP contribution < -0.4 is 0 Å². The molecule has 1 saturated heterocycles. The minimum Gasteiger partial charge on any atom is -0.462 e. The van der Waals surface area contributed by atoms with E-state index in [1.54, 1.807) is 60.7 Å². The van der Waals surface area contributed by atoms with E-state index in [1.165, 1.54) is 24.3 Å². The van der Waals surface area contributed by atoms with Crippen LogP contribution in [0.3, 0.4) is 0 Å². The molecule has 0 unspecified atom stereocenters. The molecule has 1 heterocycles. The zero-order chi connectivity index (χ0) is 32.4. The first-order valence-corrected chi connectivity index (χ1v) is 15.1. The van der Waals surface area contributed by atoms with Crippen LogP contribution in [-0.4, -0.2) is 70.8 Å². The van der Waals surface area contributed by atoms with E-state index in [9.17, 15) is 14.4 Å². The molecule has 14 heteroatoms. The summed E-state index contributed by atoms with van der Waals surface area (Å²) in [5, 5.41) is 8.19. The van der Waals surface area contributed by atoms with Gasteiger partial charge in [0.2, 0.25) is 12.2 Å². The normalized spacial score (nSPS) is 21.3. The van der Waals surface area contributed by atoms with Gasteiger partial charge in [-0.15, -0.1) is 11.6 Å². The van der Waals surface area contributed by atoms with Crippen molar-refractivity contribution in [3.8, 4) is 0 Å². The van der Waals surface area contributed by atoms with Crippen molar-refractivity contribution in [1.29, 1.82) is 5.41 Å². The van der Waals surface area contributed by atoms with Crippen LogP contribution in [0.1, 0.15) is 26.3 Å². The Morgan fingerprint density at radius 1 is 0.733 bits per heavy atom. The predicted molar refractivity (Wildman–Crippen MR) is 166 cm³/mol. The highest BCUT2D eigenvalue weighted by molar-refractivity contribution is 6.76. The lowest BCUT2D eigenvalue weighted by molar-refractivity contribution is -0.290. The Bertz CT molecular complexity index is 1440. The molecule has 0 amide bonds. The van der Waals surface area contributed by atoms with Crippen molar-refractivity contribution < 1.29 is 42.8 Å². The highest BCUT2D eigenvalue weighted by atomic mass is 35.6. The largest absolute Gasteiger partial charge is 0.462 e. The van der Waals surface area contributed by atoms with Crippen LogP contribution in [0, 0.1) is 5.41 Å². The molecule has 3 aromatic carbocycles. The van der Waals surface area contributed by atoms with Crippen LogP contribution in [0.2, 0.25) is 0 Å². The zero-order valence-electron chi connectivity index (χ0n) is 23.4. The van der Waals surface area contributed by atoms with Gasteiger partial charge in [0.05, 0.1) is 17.7 Å². The number of hydrogen-bond acceptors (Lipinski definition) is 10. The quantitative estimate of drug-likeness (QED) is 0.0856. The van der Waals surface area contributed by atoms with E-state index in [1.807, 2.05) is 6.07 Å². The number of hydrogen-bond donors (Lipinski definition) is 1.